The second-order valence-corrected chi connectivity index (χ2v) is 7.03. The van der Waals surface area contributed by atoms with E-state index < -0.39 is 0 Å². The molecule has 0 atom stereocenters. The first-order valence-corrected chi connectivity index (χ1v) is 9.27. The number of rotatable bonds is 4. The second-order valence-electron chi connectivity index (χ2n) is 7.03. The van der Waals surface area contributed by atoms with E-state index in [0.29, 0.717) is 11.3 Å². The van der Waals surface area contributed by atoms with Crippen molar-refractivity contribution in [2.75, 3.05) is 0 Å². The van der Waals surface area contributed by atoms with Gasteiger partial charge in [-0.15, -0.1) is 0 Å². The lowest BCUT2D eigenvalue weighted by Crippen LogP contribution is -1.99. The van der Waals surface area contributed by atoms with Crippen LogP contribution in [0, 0.1) is 30.9 Å². The first-order valence-electron chi connectivity index (χ1n) is 9.27. The highest BCUT2D eigenvalue weighted by Gasteiger charge is 2.12. The molecule has 2 heterocycles. The number of aromatic nitrogens is 2. The van der Waals surface area contributed by atoms with Crippen LogP contribution in [0.3, 0.4) is 0 Å². The Balaban J connectivity index is 1.71. The molecule has 2 aromatic carbocycles. The number of fused-ring (bicyclic) bond motifs is 1. The van der Waals surface area contributed by atoms with Gasteiger partial charge in [-0.2, -0.15) is 0 Å². The predicted molar refractivity (Wildman–Crippen MR) is 116 cm³/mol. The van der Waals surface area contributed by atoms with Crippen LogP contribution in [-0.2, 0) is 0 Å². The lowest BCUT2D eigenvalue weighted by Gasteiger charge is -2.10. The normalized spacial score (nSPS) is 11.4. The van der Waals surface area contributed by atoms with Gasteiger partial charge in [0.2, 0.25) is 0 Å². The van der Waals surface area contributed by atoms with E-state index in [4.69, 9.17) is 0 Å². The topological polar surface area (TPSA) is 73.3 Å². The maximum absolute atomic E-state index is 11.1. The van der Waals surface area contributed by atoms with Gasteiger partial charge in [0.25, 0.3) is 5.69 Å². The van der Waals surface area contributed by atoms with Gasteiger partial charge in [0.1, 0.15) is 0 Å². The molecular weight excluding hydrogens is 364 g/mol. The first-order chi connectivity index (χ1) is 13.9. The smallest absolute Gasteiger partial charge is 0.274 e. The standard InChI is InChI=1S/C23H20N4O2/c1-15-6-7-20(13-23(15)27(28)29)25-14-19-11-16(2)26(17(19)3)21-8-9-22-18(12-21)5-4-10-24-22/h4-14H,1-3H3. The largest absolute Gasteiger partial charge is 0.318 e. The maximum Gasteiger partial charge on any atom is 0.274 e. The summed E-state index contributed by atoms with van der Waals surface area (Å²) >= 11 is 0. The fraction of sp³-hybridized carbons (Fsp3) is 0.130. The molecule has 0 aliphatic carbocycles. The molecule has 6 nitrogen and oxygen atoms in total. The minimum absolute atomic E-state index is 0.0786. The summed E-state index contributed by atoms with van der Waals surface area (Å²) in [5.41, 5.74) is 6.39. The van der Waals surface area contributed by atoms with E-state index in [9.17, 15) is 10.1 Å². The van der Waals surface area contributed by atoms with E-state index in [2.05, 4.69) is 39.7 Å². The van der Waals surface area contributed by atoms with E-state index in [1.54, 1.807) is 31.5 Å². The van der Waals surface area contributed by atoms with Crippen LogP contribution in [0.15, 0.2) is 65.8 Å². The molecule has 0 bridgehead atoms. The van der Waals surface area contributed by atoms with Crippen molar-refractivity contribution >= 4 is 28.5 Å². The number of aliphatic imine (C=N–C) groups is 1. The minimum atomic E-state index is -0.380. The summed E-state index contributed by atoms with van der Waals surface area (Å²) in [6.45, 7) is 5.81. The molecule has 4 rings (SSSR count). The molecule has 0 saturated heterocycles. The van der Waals surface area contributed by atoms with E-state index in [1.807, 2.05) is 25.1 Å². The Morgan fingerprint density at radius 3 is 2.69 bits per heavy atom. The van der Waals surface area contributed by atoms with Gasteiger partial charge in [-0.25, -0.2) is 0 Å². The molecule has 0 spiro atoms. The second kappa shape index (κ2) is 7.31. The van der Waals surface area contributed by atoms with Crippen LogP contribution in [0.5, 0.6) is 0 Å². The van der Waals surface area contributed by atoms with E-state index in [-0.39, 0.29) is 10.6 Å². The number of aryl methyl sites for hydroxylation is 2. The zero-order valence-electron chi connectivity index (χ0n) is 16.5. The van der Waals surface area contributed by atoms with Gasteiger partial charge in [-0.05, 0) is 57.2 Å². The van der Waals surface area contributed by atoms with Gasteiger partial charge in [0, 0.05) is 52.1 Å². The van der Waals surface area contributed by atoms with Crippen LogP contribution in [0.2, 0.25) is 0 Å². The van der Waals surface area contributed by atoms with Crippen molar-refractivity contribution in [2.45, 2.75) is 20.8 Å². The predicted octanol–water partition coefficient (Wildman–Crippen LogP) is 5.61. The van der Waals surface area contributed by atoms with Crippen LogP contribution < -0.4 is 0 Å². The van der Waals surface area contributed by atoms with Gasteiger partial charge < -0.3 is 4.57 Å². The monoisotopic (exact) mass is 384 g/mol. The summed E-state index contributed by atoms with van der Waals surface area (Å²) in [6.07, 6.45) is 3.55. The molecule has 6 heteroatoms. The SMILES string of the molecule is Cc1ccc(N=Cc2cc(C)n(-c3ccc4ncccc4c3)c2C)cc1[N+](=O)[O-]. The molecular formula is C23H20N4O2. The number of nitro benzene ring substituents is 1. The van der Waals surface area contributed by atoms with Gasteiger partial charge in [-0.1, -0.05) is 12.1 Å². The molecule has 4 aromatic rings. The van der Waals surface area contributed by atoms with Gasteiger partial charge in [0.15, 0.2) is 0 Å². The number of nitro groups is 1. The highest BCUT2D eigenvalue weighted by molar-refractivity contribution is 5.85. The van der Waals surface area contributed by atoms with Gasteiger partial charge in [0.05, 0.1) is 16.1 Å². The summed E-state index contributed by atoms with van der Waals surface area (Å²) in [7, 11) is 0. The Kier molecular flexibility index (Phi) is 4.68. The van der Waals surface area contributed by atoms with Crippen LogP contribution in [0.25, 0.3) is 16.6 Å². The molecule has 0 unspecified atom stereocenters. The highest BCUT2D eigenvalue weighted by atomic mass is 16.6. The molecule has 0 N–H and O–H groups in total. The lowest BCUT2D eigenvalue weighted by atomic mass is 10.2. The van der Waals surface area contributed by atoms with Crippen LogP contribution >= 0.6 is 0 Å². The molecule has 144 valence electrons. The lowest BCUT2D eigenvalue weighted by molar-refractivity contribution is -0.385. The molecule has 2 aromatic heterocycles. The Hall–Kier alpha value is -3.80. The highest BCUT2D eigenvalue weighted by Crippen LogP contribution is 2.26. The molecule has 0 aliphatic rings. The summed E-state index contributed by atoms with van der Waals surface area (Å²) in [6, 6.07) is 17.2. The zero-order valence-corrected chi connectivity index (χ0v) is 16.5. The average molecular weight is 384 g/mol. The first kappa shape index (κ1) is 18.6. The number of hydrogen-bond donors (Lipinski definition) is 0. The quantitative estimate of drug-likeness (QED) is 0.261. The summed E-state index contributed by atoms with van der Waals surface area (Å²) in [4.78, 5) is 19.6. The Labute approximate surface area is 168 Å². The Morgan fingerprint density at radius 1 is 1.07 bits per heavy atom. The van der Waals surface area contributed by atoms with Crippen molar-refractivity contribution in [2.24, 2.45) is 4.99 Å². The van der Waals surface area contributed by atoms with Crippen molar-refractivity contribution in [3.05, 3.63) is 93.4 Å². The van der Waals surface area contributed by atoms with Crippen molar-refractivity contribution in [3.63, 3.8) is 0 Å². The van der Waals surface area contributed by atoms with Crippen molar-refractivity contribution in [1.82, 2.24) is 9.55 Å². The van der Waals surface area contributed by atoms with Gasteiger partial charge in [-0.3, -0.25) is 20.1 Å². The van der Waals surface area contributed by atoms with E-state index in [1.165, 1.54) is 6.07 Å². The molecule has 0 amide bonds. The third-order valence-electron chi connectivity index (χ3n) is 5.06. The Morgan fingerprint density at radius 2 is 1.90 bits per heavy atom. The average Bonchev–Trinajstić information content (AvgIpc) is 3.00. The maximum atomic E-state index is 11.1. The zero-order chi connectivity index (χ0) is 20.5. The van der Waals surface area contributed by atoms with Crippen molar-refractivity contribution in [3.8, 4) is 5.69 Å². The third-order valence-corrected chi connectivity index (χ3v) is 5.06. The fourth-order valence-electron chi connectivity index (χ4n) is 3.54. The van der Waals surface area contributed by atoms with Crippen LogP contribution in [-0.4, -0.2) is 20.7 Å². The van der Waals surface area contributed by atoms with Crippen molar-refractivity contribution < 1.29 is 4.92 Å². The fourth-order valence-corrected chi connectivity index (χ4v) is 3.54. The molecule has 0 radical (unpaired) electrons. The van der Waals surface area contributed by atoms with Crippen molar-refractivity contribution in [1.29, 1.82) is 0 Å². The van der Waals surface area contributed by atoms with Gasteiger partial charge >= 0.3 is 0 Å². The molecule has 29 heavy (non-hydrogen) atoms. The number of hydrogen-bond acceptors (Lipinski definition) is 4. The number of nitrogens with zero attached hydrogens (tertiary/aromatic N) is 4. The van der Waals surface area contributed by atoms with Crippen LogP contribution in [0.4, 0.5) is 11.4 Å². The van der Waals surface area contributed by atoms with Crippen LogP contribution in [0.1, 0.15) is 22.5 Å². The minimum Gasteiger partial charge on any atom is -0.318 e. The summed E-state index contributed by atoms with van der Waals surface area (Å²) < 4.78 is 2.17. The Bertz CT molecular complexity index is 1270. The van der Waals surface area contributed by atoms with E-state index in [0.717, 1.165) is 33.5 Å². The molecule has 0 saturated carbocycles. The number of pyridine rings is 1. The summed E-state index contributed by atoms with van der Waals surface area (Å²) in [5, 5.41) is 12.2. The third kappa shape index (κ3) is 3.52. The molecule has 0 fully saturated rings. The number of benzene rings is 2. The van der Waals surface area contributed by atoms with E-state index >= 15 is 0 Å². The molecule has 0 aliphatic heterocycles. The summed E-state index contributed by atoms with van der Waals surface area (Å²) in [5.74, 6) is 0.